The third kappa shape index (κ3) is 3.45. The summed E-state index contributed by atoms with van der Waals surface area (Å²) < 4.78 is 0. The normalized spacial score (nSPS) is 28.4. The Morgan fingerprint density at radius 3 is 2.61 bits per heavy atom. The first-order valence-corrected chi connectivity index (χ1v) is 7.42. The first kappa shape index (κ1) is 13.8. The SMILES string of the molecule is O=C(NC1(CO)CCCCC1)C1CCCCCN1. The highest BCUT2D eigenvalue weighted by Gasteiger charge is 2.34. The number of hydrogen-bond acceptors (Lipinski definition) is 3. The first-order chi connectivity index (χ1) is 8.76. The van der Waals surface area contributed by atoms with E-state index in [-0.39, 0.29) is 24.1 Å². The van der Waals surface area contributed by atoms with Gasteiger partial charge in [0.1, 0.15) is 0 Å². The fourth-order valence-corrected chi connectivity index (χ4v) is 3.15. The molecule has 1 aliphatic carbocycles. The maximum Gasteiger partial charge on any atom is 0.237 e. The van der Waals surface area contributed by atoms with Crippen molar-refractivity contribution in [2.45, 2.75) is 69.4 Å². The molecule has 4 heteroatoms. The average molecular weight is 254 g/mol. The van der Waals surface area contributed by atoms with E-state index in [1.54, 1.807) is 0 Å². The molecular formula is C14H26N2O2. The van der Waals surface area contributed by atoms with Crippen LogP contribution in [0, 0.1) is 0 Å². The summed E-state index contributed by atoms with van der Waals surface area (Å²) >= 11 is 0. The topological polar surface area (TPSA) is 61.4 Å². The summed E-state index contributed by atoms with van der Waals surface area (Å²) in [6.45, 7) is 1.01. The van der Waals surface area contributed by atoms with E-state index in [0.717, 1.165) is 51.5 Å². The fourth-order valence-electron chi connectivity index (χ4n) is 3.15. The van der Waals surface area contributed by atoms with Gasteiger partial charge in [-0.3, -0.25) is 4.79 Å². The van der Waals surface area contributed by atoms with Gasteiger partial charge in [-0.2, -0.15) is 0 Å². The fraction of sp³-hybridized carbons (Fsp3) is 0.929. The minimum Gasteiger partial charge on any atom is -0.394 e. The monoisotopic (exact) mass is 254 g/mol. The molecule has 1 amide bonds. The van der Waals surface area contributed by atoms with Crippen LogP contribution in [0.15, 0.2) is 0 Å². The number of carbonyl (C=O) groups is 1. The van der Waals surface area contributed by atoms with Crippen molar-refractivity contribution in [2.75, 3.05) is 13.2 Å². The van der Waals surface area contributed by atoms with E-state index < -0.39 is 0 Å². The molecule has 2 fully saturated rings. The molecule has 0 spiro atoms. The average Bonchev–Trinajstić information content (AvgIpc) is 2.68. The molecule has 1 saturated heterocycles. The lowest BCUT2D eigenvalue weighted by Crippen LogP contribution is -2.57. The third-order valence-corrected chi connectivity index (χ3v) is 4.38. The predicted molar refractivity (Wildman–Crippen MR) is 71.3 cm³/mol. The molecule has 0 aromatic rings. The van der Waals surface area contributed by atoms with Crippen LogP contribution in [0.2, 0.25) is 0 Å². The van der Waals surface area contributed by atoms with Gasteiger partial charge in [-0.1, -0.05) is 32.1 Å². The molecule has 2 aliphatic rings. The Bertz CT molecular complexity index is 267. The Morgan fingerprint density at radius 1 is 1.17 bits per heavy atom. The Hall–Kier alpha value is -0.610. The molecule has 0 radical (unpaired) electrons. The van der Waals surface area contributed by atoms with Crippen LogP contribution in [0.4, 0.5) is 0 Å². The van der Waals surface area contributed by atoms with E-state index in [2.05, 4.69) is 10.6 Å². The number of carbonyl (C=O) groups excluding carboxylic acids is 1. The third-order valence-electron chi connectivity index (χ3n) is 4.38. The van der Waals surface area contributed by atoms with E-state index in [1.807, 2.05) is 0 Å². The van der Waals surface area contributed by atoms with Crippen molar-refractivity contribution in [3.8, 4) is 0 Å². The smallest absolute Gasteiger partial charge is 0.237 e. The number of nitrogens with one attached hydrogen (secondary N) is 2. The molecule has 18 heavy (non-hydrogen) atoms. The van der Waals surface area contributed by atoms with E-state index in [1.165, 1.54) is 12.8 Å². The zero-order valence-electron chi connectivity index (χ0n) is 11.2. The van der Waals surface area contributed by atoms with E-state index in [4.69, 9.17) is 0 Å². The Balaban J connectivity index is 1.91. The quantitative estimate of drug-likeness (QED) is 0.712. The number of aliphatic hydroxyl groups is 1. The standard InChI is InChI=1S/C14H26N2O2/c17-11-14(8-4-2-5-9-14)16-13(18)12-7-3-1-6-10-15-12/h12,15,17H,1-11H2,(H,16,18). The Kier molecular flexibility index (Phi) is 5.01. The van der Waals surface area contributed by atoms with E-state index >= 15 is 0 Å². The number of hydrogen-bond donors (Lipinski definition) is 3. The maximum absolute atomic E-state index is 12.3. The summed E-state index contributed by atoms with van der Waals surface area (Å²) in [4.78, 5) is 12.3. The maximum atomic E-state index is 12.3. The summed E-state index contributed by atoms with van der Waals surface area (Å²) in [7, 11) is 0. The summed E-state index contributed by atoms with van der Waals surface area (Å²) in [5, 5.41) is 16.1. The van der Waals surface area contributed by atoms with Crippen LogP contribution in [-0.2, 0) is 4.79 Å². The molecule has 1 atom stereocenters. The molecule has 0 bridgehead atoms. The van der Waals surface area contributed by atoms with Crippen molar-refractivity contribution >= 4 is 5.91 Å². The van der Waals surface area contributed by atoms with Gasteiger partial charge < -0.3 is 15.7 Å². The molecule has 4 nitrogen and oxygen atoms in total. The second-order valence-corrected chi connectivity index (χ2v) is 5.84. The largest absolute Gasteiger partial charge is 0.394 e. The van der Waals surface area contributed by atoms with Crippen LogP contribution in [0.25, 0.3) is 0 Å². The van der Waals surface area contributed by atoms with Gasteiger partial charge in [0.05, 0.1) is 18.2 Å². The van der Waals surface area contributed by atoms with Crippen molar-refractivity contribution in [1.82, 2.24) is 10.6 Å². The highest BCUT2D eigenvalue weighted by Crippen LogP contribution is 2.28. The molecule has 104 valence electrons. The summed E-state index contributed by atoms with van der Waals surface area (Å²) in [5.74, 6) is 0.0906. The molecule has 0 aromatic carbocycles. The number of rotatable bonds is 3. The number of aliphatic hydroxyl groups excluding tert-OH is 1. The molecule has 3 N–H and O–H groups in total. The predicted octanol–water partition coefficient (Wildman–Crippen LogP) is 1.33. The zero-order chi connectivity index (χ0) is 12.8. The molecule has 0 aromatic heterocycles. The summed E-state index contributed by atoms with van der Waals surface area (Å²) in [5.41, 5.74) is -0.344. The summed E-state index contributed by atoms with van der Waals surface area (Å²) in [6, 6.07) is -0.0575. The molecule has 2 rings (SSSR count). The van der Waals surface area contributed by atoms with Crippen molar-refractivity contribution in [2.24, 2.45) is 0 Å². The lowest BCUT2D eigenvalue weighted by molar-refractivity contribution is -0.126. The lowest BCUT2D eigenvalue weighted by Gasteiger charge is -2.37. The Labute approximate surface area is 110 Å². The van der Waals surface area contributed by atoms with E-state index in [0.29, 0.717) is 0 Å². The van der Waals surface area contributed by atoms with Gasteiger partial charge in [-0.15, -0.1) is 0 Å². The molecule has 1 aliphatic heterocycles. The minimum absolute atomic E-state index is 0.0575. The highest BCUT2D eigenvalue weighted by molar-refractivity contribution is 5.82. The van der Waals surface area contributed by atoms with E-state index in [9.17, 15) is 9.90 Å². The second kappa shape index (κ2) is 6.53. The van der Waals surface area contributed by atoms with Crippen LogP contribution >= 0.6 is 0 Å². The molecular weight excluding hydrogens is 228 g/mol. The van der Waals surface area contributed by atoms with Gasteiger partial charge >= 0.3 is 0 Å². The van der Waals surface area contributed by atoms with Gasteiger partial charge in [-0.25, -0.2) is 0 Å². The molecule has 1 unspecified atom stereocenters. The van der Waals surface area contributed by atoms with Crippen LogP contribution in [0.3, 0.4) is 0 Å². The first-order valence-electron chi connectivity index (χ1n) is 7.42. The van der Waals surface area contributed by atoms with Crippen molar-refractivity contribution < 1.29 is 9.90 Å². The van der Waals surface area contributed by atoms with Gasteiger partial charge in [0.15, 0.2) is 0 Å². The van der Waals surface area contributed by atoms with Gasteiger partial charge in [0.2, 0.25) is 5.91 Å². The van der Waals surface area contributed by atoms with Crippen LogP contribution in [0.5, 0.6) is 0 Å². The van der Waals surface area contributed by atoms with Crippen molar-refractivity contribution in [1.29, 1.82) is 0 Å². The Morgan fingerprint density at radius 2 is 1.89 bits per heavy atom. The summed E-state index contributed by atoms with van der Waals surface area (Å²) in [6.07, 6.45) is 9.70. The van der Waals surface area contributed by atoms with Crippen molar-refractivity contribution in [3.63, 3.8) is 0 Å². The number of amides is 1. The van der Waals surface area contributed by atoms with Gasteiger partial charge in [0.25, 0.3) is 0 Å². The zero-order valence-corrected chi connectivity index (χ0v) is 11.2. The van der Waals surface area contributed by atoms with Crippen LogP contribution < -0.4 is 10.6 Å². The molecule has 1 saturated carbocycles. The van der Waals surface area contributed by atoms with Crippen LogP contribution in [0.1, 0.15) is 57.8 Å². The van der Waals surface area contributed by atoms with Crippen LogP contribution in [-0.4, -0.2) is 35.7 Å². The molecule has 1 heterocycles. The highest BCUT2D eigenvalue weighted by atomic mass is 16.3. The lowest BCUT2D eigenvalue weighted by atomic mass is 9.82. The van der Waals surface area contributed by atoms with Gasteiger partial charge in [0, 0.05) is 0 Å². The minimum atomic E-state index is -0.344. The van der Waals surface area contributed by atoms with Gasteiger partial charge in [-0.05, 0) is 32.2 Å². The van der Waals surface area contributed by atoms with Crippen molar-refractivity contribution in [3.05, 3.63) is 0 Å². The second-order valence-electron chi connectivity index (χ2n) is 5.84.